The molecule has 0 radical (unpaired) electrons. The van der Waals surface area contributed by atoms with E-state index in [2.05, 4.69) is 4.72 Å². The van der Waals surface area contributed by atoms with E-state index in [1.54, 1.807) is 10.6 Å². The molecule has 1 aliphatic rings. The van der Waals surface area contributed by atoms with Gasteiger partial charge in [-0.2, -0.15) is 4.31 Å². The monoisotopic (exact) mass is 483 g/mol. The molecule has 0 amide bonds. The molecular formula is C19H21N3O6S3. The molecule has 0 atom stereocenters. The zero-order valence-electron chi connectivity index (χ0n) is 16.6. The van der Waals surface area contributed by atoms with Crippen molar-refractivity contribution >= 4 is 47.3 Å². The zero-order chi connectivity index (χ0) is 22.2. The summed E-state index contributed by atoms with van der Waals surface area (Å²) in [5, 5.41) is 0. The van der Waals surface area contributed by atoms with E-state index in [4.69, 9.17) is 4.74 Å². The van der Waals surface area contributed by atoms with Gasteiger partial charge in [-0.15, -0.1) is 0 Å². The highest BCUT2D eigenvalue weighted by atomic mass is 32.2. The minimum Gasteiger partial charge on any atom is -0.379 e. The van der Waals surface area contributed by atoms with Crippen LogP contribution < -0.4 is 9.60 Å². The van der Waals surface area contributed by atoms with Crippen LogP contribution in [0.5, 0.6) is 0 Å². The summed E-state index contributed by atoms with van der Waals surface area (Å²) in [5.74, 6) is 0. The number of anilines is 1. The Labute approximate surface area is 184 Å². The molecular weight excluding hydrogens is 462 g/mol. The minimum absolute atomic E-state index is 0.0227. The number of benzene rings is 2. The summed E-state index contributed by atoms with van der Waals surface area (Å²) in [4.78, 5) is 12.0. The number of aromatic nitrogens is 1. The molecule has 31 heavy (non-hydrogen) atoms. The van der Waals surface area contributed by atoms with Crippen molar-refractivity contribution in [1.82, 2.24) is 8.87 Å². The Bertz CT molecular complexity index is 1370. The number of aryl methyl sites for hydroxylation is 1. The van der Waals surface area contributed by atoms with Gasteiger partial charge in [0.25, 0.3) is 10.0 Å². The lowest BCUT2D eigenvalue weighted by Crippen LogP contribution is -2.40. The summed E-state index contributed by atoms with van der Waals surface area (Å²) in [7, 11) is -7.57. The molecule has 166 valence electrons. The van der Waals surface area contributed by atoms with Gasteiger partial charge in [0.1, 0.15) is 0 Å². The van der Waals surface area contributed by atoms with Crippen molar-refractivity contribution in [1.29, 1.82) is 0 Å². The first kappa shape index (κ1) is 22.0. The third kappa shape index (κ3) is 4.26. The van der Waals surface area contributed by atoms with Crippen LogP contribution in [0.25, 0.3) is 10.2 Å². The Balaban J connectivity index is 1.57. The maximum Gasteiger partial charge on any atom is 0.308 e. The van der Waals surface area contributed by atoms with Crippen molar-refractivity contribution in [2.45, 2.75) is 23.3 Å². The largest absolute Gasteiger partial charge is 0.379 e. The number of hydrogen-bond acceptors (Lipinski definition) is 7. The molecule has 0 spiro atoms. The van der Waals surface area contributed by atoms with Crippen molar-refractivity contribution < 1.29 is 21.6 Å². The van der Waals surface area contributed by atoms with Gasteiger partial charge in [0.15, 0.2) is 0 Å². The summed E-state index contributed by atoms with van der Waals surface area (Å²) < 4.78 is 62.1. The molecule has 1 N–H and O–H groups in total. The molecule has 1 fully saturated rings. The number of sulfonamides is 2. The average molecular weight is 484 g/mol. The minimum atomic E-state index is -3.91. The van der Waals surface area contributed by atoms with Gasteiger partial charge in [-0.3, -0.25) is 14.1 Å². The highest BCUT2D eigenvalue weighted by Crippen LogP contribution is 2.25. The summed E-state index contributed by atoms with van der Waals surface area (Å²) in [5.41, 5.74) is 0.925. The average Bonchev–Trinajstić information content (AvgIpc) is 3.08. The second-order valence-electron chi connectivity index (χ2n) is 6.89. The van der Waals surface area contributed by atoms with Crippen LogP contribution >= 0.6 is 11.3 Å². The van der Waals surface area contributed by atoms with E-state index in [1.165, 1.54) is 40.7 Å². The van der Waals surface area contributed by atoms with Crippen LogP contribution in [0.15, 0.2) is 57.1 Å². The van der Waals surface area contributed by atoms with Crippen molar-refractivity contribution in [3.8, 4) is 0 Å². The first-order chi connectivity index (χ1) is 14.7. The molecule has 1 saturated heterocycles. The summed E-state index contributed by atoms with van der Waals surface area (Å²) in [6, 6.07) is 10.1. The van der Waals surface area contributed by atoms with Crippen LogP contribution in [0.4, 0.5) is 5.69 Å². The fourth-order valence-electron chi connectivity index (χ4n) is 3.36. The number of thiazole rings is 1. The fourth-order valence-corrected chi connectivity index (χ4v) is 6.92. The lowest BCUT2D eigenvalue weighted by Gasteiger charge is -2.26. The Morgan fingerprint density at radius 2 is 1.65 bits per heavy atom. The second-order valence-corrected chi connectivity index (χ2v) is 11.5. The number of nitrogens with zero attached hydrogens (tertiary/aromatic N) is 2. The molecule has 2 heterocycles. The van der Waals surface area contributed by atoms with Crippen LogP contribution in [0.1, 0.15) is 6.92 Å². The molecule has 0 unspecified atom stereocenters. The number of morpholine rings is 1. The molecule has 12 heteroatoms. The van der Waals surface area contributed by atoms with Crippen molar-refractivity contribution in [3.05, 3.63) is 52.1 Å². The SMILES string of the molecule is CCn1c(=O)sc2cc(S(=O)(=O)Nc3ccc(S(=O)(=O)N4CCOCC4)cc3)ccc21. The maximum atomic E-state index is 12.8. The van der Waals surface area contributed by atoms with Gasteiger partial charge in [0.2, 0.25) is 10.0 Å². The Kier molecular flexibility index (Phi) is 5.92. The first-order valence-electron chi connectivity index (χ1n) is 9.56. The van der Waals surface area contributed by atoms with E-state index < -0.39 is 20.0 Å². The Morgan fingerprint density at radius 3 is 2.29 bits per heavy atom. The summed E-state index contributed by atoms with van der Waals surface area (Å²) in [6.07, 6.45) is 0. The van der Waals surface area contributed by atoms with Crippen LogP contribution in [0.3, 0.4) is 0 Å². The lowest BCUT2D eigenvalue weighted by atomic mass is 10.3. The van der Waals surface area contributed by atoms with Gasteiger partial charge < -0.3 is 4.74 Å². The Morgan fingerprint density at radius 1 is 1.00 bits per heavy atom. The molecule has 0 saturated carbocycles. The van der Waals surface area contributed by atoms with Crippen LogP contribution in [-0.2, 0) is 31.3 Å². The summed E-state index contributed by atoms with van der Waals surface area (Å²) in [6.45, 7) is 3.61. The van der Waals surface area contributed by atoms with Gasteiger partial charge in [-0.1, -0.05) is 11.3 Å². The van der Waals surface area contributed by atoms with Gasteiger partial charge in [-0.25, -0.2) is 16.8 Å². The molecule has 0 bridgehead atoms. The van der Waals surface area contributed by atoms with Crippen LogP contribution in [0, 0.1) is 0 Å². The van der Waals surface area contributed by atoms with Crippen molar-refractivity contribution in [3.63, 3.8) is 0 Å². The normalized spacial score (nSPS) is 15.9. The maximum absolute atomic E-state index is 12.8. The molecule has 3 aromatic rings. The first-order valence-corrected chi connectivity index (χ1v) is 13.3. The quantitative estimate of drug-likeness (QED) is 0.573. The van der Waals surface area contributed by atoms with E-state index in [-0.39, 0.29) is 33.4 Å². The van der Waals surface area contributed by atoms with Gasteiger partial charge >= 0.3 is 4.87 Å². The number of ether oxygens (including phenoxy) is 1. The number of fused-ring (bicyclic) bond motifs is 1. The second kappa shape index (κ2) is 8.36. The fraction of sp³-hybridized carbons (Fsp3) is 0.316. The zero-order valence-corrected chi connectivity index (χ0v) is 19.1. The van der Waals surface area contributed by atoms with Gasteiger partial charge in [0.05, 0.1) is 33.2 Å². The van der Waals surface area contributed by atoms with E-state index in [0.29, 0.717) is 30.0 Å². The molecule has 1 aliphatic heterocycles. The standard InChI is InChI=1S/C19H21N3O6S3/c1-2-22-17-8-7-16(13-18(17)29-19(22)23)30(24,25)20-14-3-5-15(6-4-14)31(26,27)21-9-11-28-12-10-21/h3-8,13,20H,2,9-12H2,1H3. The van der Waals surface area contributed by atoms with E-state index in [1.807, 2.05) is 6.92 Å². The molecule has 1 aromatic heterocycles. The molecule has 9 nitrogen and oxygen atoms in total. The highest BCUT2D eigenvalue weighted by Gasteiger charge is 2.26. The predicted molar refractivity (Wildman–Crippen MR) is 119 cm³/mol. The predicted octanol–water partition coefficient (Wildman–Crippen LogP) is 1.90. The summed E-state index contributed by atoms with van der Waals surface area (Å²) >= 11 is 0.993. The van der Waals surface area contributed by atoms with Crippen molar-refractivity contribution in [2.24, 2.45) is 0 Å². The third-order valence-corrected chi connectivity index (χ3v) is 9.21. The van der Waals surface area contributed by atoms with Gasteiger partial charge in [-0.05, 0) is 49.4 Å². The van der Waals surface area contributed by atoms with E-state index in [9.17, 15) is 21.6 Å². The third-order valence-electron chi connectivity index (χ3n) is 4.98. The highest BCUT2D eigenvalue weighted by molar-refractivity contribution is 7.92. The van der Waals surface area contributed by atoms with E-state index in [0.717, 1.165) is 11.3 Å². The Hall–Kier alpha value is -2.25. The molecule has 4 rings (SSSR count). The van der Waals surface area contributed by atoms with Crippen LogP contribution in [-0.4, -0.2) is 52.0 Å². The van der Waals surface area contributed by atoms with Crippen molar-refractivity contribution in [2.75, 3.05) is 31.0 Å². The molecule has 2 aromatic carbocycles. The topological polar surface area (TPSA) is 115 Å². The number of hydrogen-bond donors (Lipinski definition) is 1. The molecule has 0 aliphatic carbocycles. The van der Waals surface area contributed by atoms with Gasteiger partial charge in [0, 0.05) is 25.3 Å². The van der Waals surface area contributed by atoms with Crippen LogP contribution in [0.2, 0.25) is 0 Å². The number of rotatable bonds is 6. The smallest absolute Gasteiger partial charge is 0.308 e. The van der Waals surface area contributed by atoms with E-state index >= 15 is 0 Å². The number of nitrogens with one attached hydrogen (secondary N) is 1. The lowest BCUT2D eigenvalue weighted by molar-refractivity contribution is 0.0730.